The summed E-state index contributed by atoms with van der Waals surface area (Å²) in [6.45, 7) is 0.463. The van der Waals surface area contributed by atoms with Gasteiger partial charge in [-0.25, -0.2) is 4.39 Å². The normalized spacial score (nSPS) is 12.7. The summed E-state index contributed by atoms with van der Waals surface area (Å²) in [5, 5.41) is 2.87. The Kier molecular flexibility index (Phi) is 3.99. The van der Waals surface area contributed by atoms with E-state index in [0.717, 1.165) is 6.07 Å². The summed E-state index contributed by atoms with van der Waals surface area (Å²) < 4.78 is 89.9. The SMILES string of the molecule is Cc1nc(Cn2nc(C(F)(F)F)cc2C(F)(F)F)c(F)cc1N. The third-order valence-electron chi connectivity index (χ3n) is 2.94. The molecule has 0 unspecified atom stereocenters. The Bertz CT molecular complexity index is 730. The highest BCUT2D eigenvalue weighted by Gasteiger charge is 2.42. The summed E-state index contributed by atoms with van der Waals surface area (Å²) in [7, 11) is 0. The smallest absolute Gasteiger partial charge is 0.397 e. The molecule has 0 aliphatic rings. The van der Waals surface area contributed by atoms with E-state index in [1.165, 1.54) is 6.92 Å². The number of hydrogen-bond acceptors (Lipinski definition) is 3. The maximum absolute atomic E-state index is 13.7. The van der Waals surface area contributed by atoms with E-state index in [9.17, 15) is 30.7 Å². The lowest BCUT2D eigenvalue weighted by atomic mass is 10.2. The van der Waals surface area contributed by atoms with E-state index in [4.69, 9.17) is 5.73 Å². The van der Waals surface area contributed by atoms with Crippen LogP contribution in [0.5, 0.6) is 0 Å². The van der Waals surface area contributed by atoms with E-state index in [-0.39, 0.29) is 22.1 Å². The third-order valence-corrected chi connectivity index (χ3v) is 2.94. The number of aromatic nitrogens is 3. The molecule has 0 fully saturated rings. The number of nitrogen functional groups attached to an aromatic ring is 1. The molecule has 0 aliphatic carbocycles. The lowest BCUT2D eigenvalue weighted by Crippen LogP contribution is -2.17. The molecule has 23 heavy (non-hydrogen) atoms. The Balaban J connectivity index is 2.51. The molecule has 2 aromatic rings. The van der Waals surface area contributed by atoms with Crippen LogP contribution >= 0.6 is 0 Å². The van der Waals surface area contributed by atoms with Crippen LogP contribution in [0.2, 0.25) is 0 Å². The topological polar surface area (TPSA) is 56.7 Å². The standard InChI is InChI=1S/C12H9F7N4/c1-5-7(20)2-6(13)8(21-5)4-23-10(12(17,18)19)3-9(22-23)11(14,15)16/h2-3H,4,20H2,1H3. The molecule has 2 rings (SSSR count). The Morgan fingerprint density at radius 3 is 2.22 bits per heavy atom. The van der Waals surface area contributed by atoms with Crippen molar-refractivity contribution >= 4 is 5.69 Å². The van der Waals surface area contributed by atoms with Crippen molar-refractivity contribution in [3.63, 3.8) is 0 Å². The van der Waals surface area contributed by atoms with E-state index < -0.39 is 41.8 Å². The Hall–Kier alpha value is -2.33. The van der Waals surface area contributed by atoms with Crippen LogP contribution in [0.25, 0.3) is 0 Å². The van der Waals surface area contributed by atoms with Crippen LogP contribution < -0.4 is 5.73 Å². The highest BCUT2D eigenvalue weighted by Crippen LogP contribution is 2.35. The number of pyridine rings is 1. The average Bonchev–Trinajstić information content (AvgIpc) is 2.79. The second-order valence-electron chi connectivity index (χ2n) is 4.66. The fourth-order valence-corrected chi connectivity index (χ4v) is 1.80. The zero-order valence-corrected chi connectivity index (χ0v) is 11.4. The van der Waals surface area contributed by atoms with E-state index in [1.807, 2.05) is 0 Å². The van der Waals surface area contributed by atoms with Gasteiger partial charge in [0, 0.05) is 12.1 Å². The summed E-state index contributed by atoms with van der Waals surface area (Å²) in [6, 6.07) is 0.696. The van der Waals surface area contributed by atoms with Gasteiger partial charge in [0.05, 0.1) is 23.6 Å². The van der Waals surface area contributed by atoms with Gasteiger partial charge in [-0.2, -0.15) is 31.4 Å². The van der Waals surface area contributed by atoms with Gasteiger partial charge in [-0.1, -0.05) is 0 Å². The fourth-order valence-electron chi connectivity index (χ4n) is 1.80. The minimum absolute atomic E-state index is 0.0177. The van der Waals surface area contributed by atoms with Crippen molar-refractivity contribution in [2.75, 3.05) is 5.73 Å². The largest absolute Gasteiger partial charge is 0.435 e. The first kappa shape index (κ1) is 17.0. The summed E-state index contributed by atoms with van der Waals surface area (Å²) >= 11 is 0. The predicted molar refractivity (Wildman–Crippen MR) is 64.7 cm³/mol. The summed E-state index contributed by atoms with van der Waals surface area (Å²) in [5.41, 5.74) is 1.62. The molecule has 0 saturated carbocycles. The molecule has 0 saturated heterocycles. The van der Waals surface area contributed by atoms with Crippen LogP contribution in [0.4, 0.5) is 36.4 Å². The molecule has 0 amide bonds. The number of halogens is 7. The molecule has 126 valence electrons. The zero-order valence-electron chi connectivity index (χ0n) is 11.4. The first-order valence-corrected chi connectivity index (χ1v) is 6.03. The van der Waals surface area contributed by atoms with Gasteiger partial charge in [0.15, 0.2) is 5.69 Å². The molecule has 0 atom stereocenters. The van der Waals surface area contributed by atoms with Crippen molar-refractivity contribution in [2.24, 2.45) is 0 Å². The highest BCUT2D eigenvalue weighted by molar-refractivity contribution is 5.43. The summed E-state index contributed by atoms with van der Waals surface area (Å²) in [6.07, 6.45) is -10.1. The van der Waals surface area contributed by atoms with Crippen LogP contribution in [-0.2, 0) is 18.9 Å². The van der Waals surface area contributed by atoms with Gasteiger partial charge in [-0.05, 0) is 6.92 Å². The Morgan fingerprint density at radius 1 is 1.09 bits per heavy atom. The van der Waals surface area contributed by atoms with Crippen molar-refractivity contribution in [3.05, 3.63) is 40.7 Å². The molecule has 4 nitrogen and oxygen atoms in total. The molecule has 11 heteroatoms. The quantitative estimate of drug-likeness (QED) is 0.851. The van der Waals surface area contributed by atoms with E-state index in [2.05, 4.69) is 10.1 Å². The van der Waals surface area contributed by atoms with Gasteiger partial charge in [0.1, 0.15) is 11.5 Å². The number of nitrogens with two attached hydrogens (primary N) is 1. The number of aryl methyl sites for hydroxylation is 1. The monoisotopic (exact) mass is 342 g/mol. The van der Waals surface area contributed by atoms with Gasteiger partial charge in [-0.3, -0.25) is 9.67 Å². The molecule has 0 bridgehead atoms. The fraction of sp³-hybridized carbons (Fsp3) is 0.333. The van der Waals surface area contributed by atoms with Crippen molar-refractivity contribution in [1.29, 1.82) is 0 Å². The number of hydrogen-bond donors (Lipinski definition) is 1. The maximum atomic E-state index is 13.7. The van der Waals surface area contributed by atoms with Crippen LogP contribution in [0, 0.1) is 12.7 Å². The zero-order chi connectivity index (χ0) is 17.6. The number of nitrogens with zero attached hydrogens (tertiary/aromatic N) is 3. The number of anilines is 1. The van der Waals surface area contributed by atoms with Crippen molar-refractivity contribution in [3.8, 4) is 0 Å². The van der Waals surface area contributed by atoms with Gasteiger partial charge in [-0.15, -0.1) is 0 Å². The van der Waals surface area contributed by atoms with Crippen molar-refractivity contribution in [2.45, 2.75) is 25.8 Å². The van der Waals surface area contributed by atoms with Crippen molar-refractivity contribution < 1.29 is 30.7 Å². The van der Waals surface area contributed by atoms with Gasteiger partial charge in [0.2, 0.25) is 0 Å². The highest BCUT2D eigenvalue weighted by atomic mass is 19.4. The average molecular weight is 342 g/mol. The summed E-state index contributed by atoms with van der Waals surface area (Å²) in [5.74, 6) is -1.04. The summed E-state index contributed by atoms with van der Waals surface area (Å²) in [4.78, 5) is 3.65. The molecule has 2 heterocycles. The second-order valence-corrected chi connectivity index (χ2v) is 4.66. The maximum Gasteiger partial charge on any atom is 0.435 e. The molecule has 2 aromatic heterocycles. The molecule has 0 radical (unpaired) electrons. The van der Waals surface area contributed by atoms with Crippen LogP contribution in [0.15, 0.2) is 12.1 Å². The molecule has 0 spiro atoms. The van der Waals surface area contributed by atoms with Crippen LogP contribution in [-0.4, -0.2) is 14.8 Å². The van der Waals surface area contributed by atoms with Gasteiger partial charge in [0.25, 0.3) is 0 Å². The predicted octanol–water partition coefficient (Wildman–Crippen LogP) is 3.39. The number of rotatable bonds is 2. The number of alkyl halides is 6. The van der Waals surface area contributed by atoms with Crippen LogP contribution in [0.3, 0.4) is 0 Å². The van der Waals surface area contributed by atoms with Crippen molar-refractivity contribution in [1.82, 2.24) is 14.8 Å². The van der Waals surface area contributed by atoms with Gasteiger partial charge < -0.3 is 5.73 Å². The van der Waals surface area contributed by atoms with Crippen LogP contribution in [0.1, 0.15) is 22.8 Å². The lowest BCUT2D eigenvalue weighted by molar-refractivity contribution is -0.144. The molecule has 0 aromatic carbocycles. The Morgan fingerprint density at radius 2 is 1.70 bits per heavy atom. The van der Waals surface area contributed by atoms with Gasteiger partial charge >= 0.3 is 12.4 Å². The van der Waals surface area contributed by atoms with E-state index in [1.54, 1.807) is 0 Å². The minimum Gasteiger partial charge on any atom is -0.397 e. The first-order chi connectivity index (χ1) is 10.4. The van der Waals surface area contributed by atoms with E-state index in [0.29, 0.717) is 0 Å². The third kappa shape index (κ3) is 3.54. The molecule has 0 aliphatic heterocycles. The molecular weight excluding hydrogens is 333 g/mol. The minimum atomic E-state index is -5.09. The lowest BCUT2D eigenvalue weighted by Gasteiger charge is -2.11. The second kappa shape index (κ2) is 5.39. The Labute approximate surface area is 124 Å². The first-order valence-electron chi connectivity index (χ1n) is 6.03. The molecular formula is C12H9F7N4. The van der Waals surface area contributed by atoms with E-state index >= 15 is 0 Å². The molecule has 2 N–H and O–H groups in total.